The highest BCUT2D eigenvalue weighted by Crippen LogP contribution is 2.28. The molecule has 1 N–H and O–H groups in total. The maximum absolute atomic E-state index is 11.6. The average molecular weight is 396 g/mol. The Morgan fingerprint density at radius 2 is 1.54 bits per heavy atom. The third-order valence-electron chi connectivity index (χ3n) is 3.95. The number of esters is 3. The zero-order chi connectivity index (χ0) is 20.7. The monoisotopic (exact) mass is 396 g/mol. The number of carbonyl (C=O) groups excluding carboxylic acids is 3. The van der Waals surface area contributed by atoms with E-state index in [2.05, 4.69) is 0 Å². The molecule has 0 unspecified atom stereocenters. The molecule has 1 aliphatic rings. The van der Waals surface area contributed by atoms with Gasteiger partial charge in [0.1, 0.15) is 18.8 Å². The largest absolute Gasteiger partial charge is 0.463 e. The summed E-state index contributed by atoms with van der Waals surface area (Å²) in [5.41, 5.74) is 0.838. The Hall–Kier alpha value is -2.49. The summed E-state index contributed by atoms with van der Waals surface area (Å²) in [5, 5.41) is 10.3. The van der Waals surface area contributed by atoms with Gasteiger partial charge >= 0.3 is 17.9 Å². The van der Waals surface area contributed by atoms with Crippen molar-refractivity contribution in [2.24, 2.45) is 0 Å². The Bertz CT molecular complexity index is 675. The molecule has 0 saturated carbocycles. The molecule has 1 saturated heterocycles. The van der Waals surface area contributed by atoms with Crippen molar-refractivity contribution in [3.8, 4) is 0 Å². The third-order valence-corrected chi connectivity index (χ3v) is 3.95. The van der Waals surface area contributed by atoms with E-state index in [1.54, 1.807) is 0 Å². The van der Waals surface area contributed by atoms with Crippen LogP contribution in [-0.4, -0.2) is 60.3 Å². The minimum Gasteiger partial charge on any atom is -0.463 e. The van der Waals surface area contributed by atoms with E-state index in [1.807, 2.05) is 30.3 Å². The second-order valence-corrected chi connectivity index (χ2v) is 6.28. The summed E-state index contributed by atoms with van der Waals surface area (Å²) in [6.07, 6.45) is -5.95. The van der Waals surface area contributed by atoms with Crippen molar-refractivity contribution in [3.05, 3.63) is 35.9 Å². The van der Waals surface area contributed by atoms with Gasteiger partial charge in [0, 0.05) is 20.8 Å². The van der Waals surface area contributed by atoms with Crippen LogP contribution in [0.1, 0.15) is 26.3 Å². The molecule has 2 rings (SSSR count). The fourth-order valence-corrected chi connectivity index (χ4v) is 2.84. The fourth-order valence-electron chi connectivity index (χ4n) is 2.84. The number of aliphatic hydroxyl groups excluding tert-OH is 1. The fraction of sp³-hybridized carbons (Fsp3) is 0.526. The van der Waals surface area contributed by atoms with E-state index < -0.39 is 48.6 Å². The lowest BCUT2D eigenvalue weighted by molar-refractivity contribution is -0.301. The van der Waals surface area contributed by atoms with Crippen molar-refractivity contribution in [2.75, 3.05) is 6.61 Å². The van der Waals surface area contributed by atoms with Crippen molar-refractivity contribution in [1.29, 1.82) is 0 Å². The molecule has 0 radical (unpaired) electrons. The van der Waals surface area contributed by atoms with Gasteiger partial charge in [0.2, 0.25) is 0 Å². The summed E-state index contributed by atoms with van der Waals surface area (Å²) < 4.78 is 26.7. The normalized spacial score (nSPS) is 26.9. The van der Waals surface area contributed by atoms with E-state index in [0.29, 0.717) is 0 Å². The van der Waals surface area contributed by atoms with Gasteiger partial charge in [-0.1, -0.05) is 30.3 Å². The molecule has 0 amide bonds. The van der Waals surface area contributed by atoms with Gasteiger partial charge in [-0.3, -0.25) is 14.4 Å². The first-order valence-electron chi connectivity index (χ1n) is 8.74. The molecule has 5 atom stereocenters. The molecule has 0 bridgehead atoms. The summed E-state index contributed by atoms with van der Waals surface area (Å²) in [6.45, 7) is 3.46. The average Bonchev–Trinajstić information content (AvgIpc) is 2.62. The highest BCUT2D eigenvalue weighted by molar-refractivity contribution is 5.67. The van der Waals surface area contributed by atoms with Gasteiger partial charge in [0.05, 0.1) is 6.61 Å². The zero-order valence-electron chi connectivity index (χ0n) is 15.9. The van der Waals surface area contributed by atoms with Gasteiger partial charge < -0.3 is 28.8 Å². The first kappa shape index (κ1) is 21.8. The third kappa shape index (κ3) is 6.29. The topological polar surface area (TPSA) is 118 Å². The van der Waals surface area contributed by atoms with Crippen LogP contribution in [0.2, 0.25) is 0 Å². The van der Waals surface area contributed by atoms with Crippen LogP contribution in [0.5, 0.6) is 0 Å². The molecule has 154 valence electrons. The molecule has 1 aliphatic heterocycles. The minimum atomic E-state index is -1.59. The van der Waals surface area contributed by atoms with Gasteiger partial charge in [-0.25, -0.2) is 0 Å². The van der Waals surface area contributed by atoms with Crippen LogP contribution in [0, 0.1) is 0 Å². The predicted molar refractivity (Wildman–Crippen MR) is 93.6 cm³/mol. The van der Waals surface area contributed by atoms with E-state index in [9.17, 15) is 19.5 Å². The number of carbonyl (C=O) groups is 3. The number of hydrogen-bond donors (Lipinski definition) is 1. The standard InChI is InChI=1S/C19H24O9/c1-11(20)24-10-15-16(25-9-14-7-5-4-6-8-14)17(26-12(2)21)18(19(23)28-15)27-13(3)22/h4-8,15-19,23H,9-10H2,1-3H3/t15-,16+,17-,18-,19-/m0/s1. The minimum absolute atomic E-state index is 0.131. The molecule has 1 aromatic carbocycles. The molecule has 0 aromatic heterocycles. The molecule has 28 heavy (non-hydrogen) atoms. The van der Waals surface area contributed by atoms with E-state index in [1.165, 1.54) is 13.8 Å². The Morgan fingerprint density at radius 3 is 2.11 bits per heavy atom. The quantitative estimate of drug-likeness (QED) is 0.525. The molecule has 1 fully saturated rings. The van der Waals surface area contributed by atoms with Gasteiger partial charge in [-0.15, -0.1) is 0 Å². The van der Waals surface area contributed by atoms with Crippen molar-refractivity contribution in [3.63, 3.8) is 0 Å². The molecule has 9 nitrogen and oxygen atoms in total. The van der Waals surface area contributed by atoms with Crippen LogP contribution in [0.25, 0.3) is 0 Å². The predicted octanol–water partition coefficient (Wildman–Crippen LogP) is 0.716. The Balaban J connectivity index is 2.26. The Kier molecular flexibility index (Phi) is 7.91. The lowest BCUT2D eigenvalue weighted by Gasteiger charge is -2.43. The SMILES string of the molecule is CC(=O)OC[C@@H]1O[C@H](O)[C@@H](OC(C)=O)[C@@H](OC(C)=O)[C@@H]1OCc1ccccc1. The molecule has 0 aliphatic carbocycles. The van der Waals surface area contributed by atoms with E-state index in [4.69, 9.17) is 23.7 Å². The van der Waals surface area contributed by atoms with Crippen LogP contribution in [0.4, 0.5) is 0 Å². The first-order chi connectivity index (χ1) is 13.3. The number of ether oxygens (including phenoxy) is 5. The highest BCUT2D eigenvalue weighted by atomic mass is 16.7. The molecule has 1 heterocycles. The Morgan fingerprint density at radius 1 is 0.929 bits per heavy atom. The maximum Gasteiger partial charge on any atom is 0.303 e. The summed E-state index contributed by atoms with van der Waals surface area (Å²) in [6, 6.07) is 9.20. The van der Waals surface area contributed by atoms with Crippen LogP contribution in [-0.2, 0) is 44.7 Å². The van der Waals surface area contributed by atoms with Gasteiger partial charge in [-0.2, -0.15) is 0 Å². The number of hydrogen-bond acceptors (Lipinski definition) is 9. The van der Waals surface area contributed by atoms with E-state index in [0.717, 1.165) is 12.5 Å². The molecule has 0 spiro atoms. The maximum atomic E-state index is 11.6. The van der Waals surface area contributed by atoms with E-state index >= 15 is 0 Å². The smallest absolute Gasteiger partial charge is 0.303 e. The second kappa shape index (κ2) is 10.2. The van der Waals surface area contributed by atoms with Gasteiger partial charge in [-0.05, 0) is 5.56 Å². The molecule has 1 aromatic rings. The lowest BCUT2D eigenvalue weighted by Crippen LogP contribution is -2.62. The number of benzene rings is 1. The van der Waals surface area contributed by atoms with Crippen LogP contribution < -0.4 is 0 Å². The molecular weight excluding hydrogens is 372 g/mol. The molecule has 9 heteroatoms. The Labute approximate surface area is 162 Å². The zero-order valence-corrected chi connectivity index (χ0v) is 15.9. The van der Waals surface area contributed by atoms with Crippen LogP contribution in [0.3, 0.4) is 0 Å². The summed E-state index contributed by atoms with van der Waals surface area (Å²) in [7, 11) is 0. The van der Waals surface area contributed by atoms with Crippen LogP contribution >= 0.6 is 0 Å². The van der Waals surface area contributed by atoms with Crippen molar-refractivity contribution in [2.45, 2.75) is 58.1 Å². The number of rotatable bonds is 7. The second-order valence-electron chi connectivity index (χ2n) is 6.28. The summed E-state index contributed by atoms with van der Waals surface area (Å²) >= 11 is 0. The van der Waals surface area contributed by atoms with Gasteiger partial charge in [0.15, 0.2) is 18.5 Å². The van der Waals surface area contributed by atoms with Crippen molar-refractivity contribution in [1.82, 2.24) is 0 Å². The summed E-state index contributed by atoms with van der Waals surface area (Å²) in [5.74, 6) is -1.90. The van der Waals surface area contributed by atoms with Crippen molar-refractivity contribution < 1.29 is 43.2 Å². The lowest BCUT2D eigenvalue weighted by atomic mass is 9.98. The molecular formula is C19H24O9. The van der Waals surface area contributed by atoms with Gasteiger partial charge in [0.25, 0.3) is 0 Å². The number of aliphatic hydroxyl groups is 1. The van der Waals surface area contributed by atoms with Crippen LogP contribution in [0.15, 0.2) is 30.3 Å². The van der Waals surface area contributed by atoms with E-state index in [-0.39, 0.29) is 13.2 Å². The van der Waals surface area contributed by atoms with Crippen molar-refractivity contribution >= 4 is 17.9 Å². The highest BCUT2D eigenvalue weighted by Gasteiger charge is 2.50. The summed E-state index contributed by atoms with van der Waals surface area (Å²) in [4.78, 5) is 34.2. The first-order valence-corrected chi connectivity index (χ1v) is 8.74.